The van der Waals surface area contributed by atoms with Crippen LogP contribution in [-0.4, -0.2) is 18.1 Å². The molecule has 0 amide bonds. The smallest absolute Gasteiger partial charge is 0.122 e. The zero-order chi connectivity index (χ0) is 13.1. The second-order valence-corrected chi connectivity index (χ2v) is 4.96. The van der Waals surface area contributed by atoms with Crippen molar-refractivity contribution in [2.24, 2.45) is 0 Å². The molecule has 1 aromatic carbocycles. The predicted octanol–water partition coefficient (Wildman–Crippen LogP) is 2.91. The fraction of sp³-hybridized carbons (Fsp3) is 0.312. The number of ether oxygens (including phenoxy) is 1. The fourth-order valence-corrected chi connectivity index (χ4v) is 2.47. The third-order valence-electron chi connectivity index (χ3n) is 3.65. The van der Waals surface area contributed by atoms with E-state index in [4.69, 9.17) is 4.74 Å². The molecule has 98 valence electrons. The van der Waals surface area contributed by atoms with E-state index in [1.807, 2.05) is 24.4 Å². The van der Waals surface area contributed by atoms with Gasteiger partial charge in [0.1, 0.15) is 5.75 Å². The average molecular weight is 254 g/mol. The molecule has 1 aliphatic rings. The molecule has 2 heterocycles. The van der Waals surface area contributed by atoms with Crippen molar-refractivity contribution in [3.05, 3.63) is 59.9 Å². The van der Waals surface area contributed by atoms with Crippen LogP contribution < -0.4 is 10.1 Å². The van der Waals surface area contributed by atoms with Crippen molar-refractivity contribution >= 4 is 0 Å². The average Bonchev–Trinajstić information content (AvgIpc) is 2.89. The molecular formula is C16H18N2O. The molecule has 2 atom stereocenters. The van der Waals surface area contributed by atoms with Crippen LogP contribution in [0.4, 0.5) is 0 Å². The molecule has 0 saturated carbocycles. The Morgan fingerprint density at radius 2 is 2.21 bits per heavy atom. The first kappa shape index (κ1) is 12.2. The van der Waals surface area contributed by atoms with Gasteiger partial charge in [-0.2, -0.15) is 0 Å². The van der Waals surface area contributed by atoms with Crippen LogP contribution in [0.25, 0.3) is 0 Å². The SMILES string of the molecule is CC(NCC1COc2ccccc21)c1cccnc1. The van der Waals surface area contributed by atoms with Crippen molar-refractivity contribution in [2.45, 2.75) is 18.9 Å². The Morgan fingerprint density at radius 1 is 1.32 bits per heavy atom. The summed E-state index contributed by atoms with van der Waals surface area (Å²) < 4.78 is 5.70. The summed E-state index contributed by atoms with van der Waals surface area (Å²) in [6.07, 6.45) is 3.72. The van der Waals surface area contributed by atoms with E-state index in [2.05, 4.69) is 35.4 Å². The second kappa shape index (κ2) is 5.41. The van der Waals surface area contributed by atoms with E-state index >= 15 is 0 Å². The number of pyridine rings is 1. The van der Waals surface area contributed by atoms with Crippen LogP contribution in [0.2, 0.25) is 0 Å². The molecule has 3 heteroatoms. The number of para-hydroxylation sites is 1. The zero-order valence-electron chi connectivity index (χ0n) is 11.0. The lowest BCUT2D eigenvalue weighted by Crippen LogP contribution is -2.25. The van der Waals surface area contributed by atoms with Crippen molar-refractivity contribution in [1.82, 2.24) is 10.3 Å². The Balaban J connectivity index is 1.62. The number of fused-ring (bicyclic) bond motifs is 1. The molecule has 0 radical (unpaired) electrons. The highest BCUT2D eigenvalue weighted by atomic mass is 16.5. The minimum Gasteiger partial charge on any atom is -0.493 e. The largest absolute Gasteiger partial charge is 0.493 e. The van der Waals surface area contributed by atoms with Crippen LogP contribution in [0.1, 0.15) is 30.0 Å². The van der Waals surface area contributed by atoms with Crippen molar-refractivity contribution in [3.63, 3.8) is 0 Å². The van der Waals surface area contributed by atoms with Crippen LogP contribution >= 0.6 is 0 Å². The maximum Gasteiger partial charge on any atom is 0.122 e. The van der Waals surface area contributed by atoms with Gasteiger partial charge in [0.15, 0.2) is 0 Å². The van der Waals surface area contributed by atoms with Crippen molar-refractivity contribution in [1.29, 1.82) is 0 Å². The van der Waals surface area contributed by atoms with Gasteiger partial charge in [-0.25, -0.2) is 0 Å². The van der Waals surface area contributed by atoms with Gasteiger partial charge < -0.3 is 10.1 Å². The van der Waals surface area contributed by atoms with Crippen LogP contribution in [-0.2, 0) is 0 Å². The van der Waals surface area contributed by atoms with Gasteiger partial charge in [0, 0.05) is 36.5 Å². The van der Waals surface area contributed by atoms with E-state index in [0.29, 0.717) is 12.0 Å². The van der Waals surface area contributed by atoms with Crippen molar-refractivity contribution in [2.75, 3.05) is 13.2 Å². The maximum absolute atomic E-state index is 5.70. The predicted molar refractivity (Wildman–Crippen MR) is 75.3 cm³/mol. The monoisotopic (exact) mass is 254 g/mol. The Labute approximate surface area is 113 Å². The first-order valence-electron chi connectivity index (χ1n) is 6.69. The summed E-state index contributed by atoms with van der Waals surface area (Å²) in [5.74, 6) is 1.47. The summed E-state index contributed by atoms with van der Waals surface area (Å²) in [5.41, 5.74) is 2.53. The van der Waals surface area contributed by atoms with E-state index in [1.54, 1.807) is 6.20 Å². The van der Waals surface area contributed by atoms with Gasteiger partial charge in [0.25, 0.3) is 0 Å². The molecule has 1 aromatic heterocycles. The van der Waals surface area contributed by atoms with Gasteiger partial charge in [-0.3, -0.25) is 4.98 Å². The minimum absolute atomic E-state index is 0.307. The third-order valence-corrected chi connectivity index (χ3v) is 3.65. The van der Waals surface area contributed by atoms with Gasteiger partial charge >= 0.3 is 0 Å². The Morgan fingerprint density at radius 3 is 3.05 bits per heavy atom. The lowest BCUT2D eigenvalue weighted by molar-refractivity contribution is 0.323. The highest BCUT2D eigenvalue weighted by Crippen LogP contribution is 2.33. The molecule has 2 unspecified atom stereocenters. The third kappa shape index (κ3) is 2.61. The molecule has 0 aliphatic carbocycles. The molecular weight excluding hydrogens is 236 g/mol. The topological polar surface area (TPSA) is 34.1 Å². The number of aromatic nitrogens is 1. The molecule has 3 nitrogen and oxygen atoms in total. The zero-order valence-corrected chi connectivity index (χ0v) is 11.0. The summed E-state index contributed by atoms with van der Waals surface area (Å²) in [6.45, 7) is 3.86. The van der Waals surface area contributed by atoms with Crippen LogP contribution in [0, 0.1) is 0 Å². The van der Waals surface area contributed by atoms with Gasteiger partial charge in [-0.05, 0) is 24.6 Å². The molecule has 0 fully saturated rings. The first-order valence-corrected chi connectivity index (χ1v) is 6.69. The van der Waals surface area contributed by atoms with E-state index in [1.165, 1.54) is 11.1 Å². The number of hydrogen-bond donors (Lipinski definition) is 1. The van der Waals surface area contributed by atoms with E-state index < -0.39 is 0 Å². The molecule has 19 heavy (non-hydrogen) atoms. The van der Waals surface area contributed by atoms with E-state index in [9.17, 15) is 0 Å². The summed E-state index contributed by atoms with van der Waals surface area (Å²) in [7, 11) is 0. The number of nitrogens with zero attached hydrogens (tertiary/aromatic N) is 1. The number of rotatable bonds is 4. The molecule has 1 N–H and O–H groups in total. The first-order chi connectivity index (χ1) is 9.34. The lowest BCUT2D eigenvalue weighted by atomic mass is 10.0. The summed E-state index contributed by atoms with van der Waals surface area (Å²) in [6, 6.07) is 12.7. The normalized spacial score (nSPS) is 18.7. The van der Waals surface area contributed by atoms with E-state index in [-0.39, 0.29) is 0 Å². The van der Waals surface area contributed by atoms with Gasteiger partial charge in [0.05, 0.1) is 6.61 Å². The molecule has 0 spiro atoms. The second-order valence-electron chi connectivity index (χ2n) is 4.96. The van der Waals surface area contributed by atoms with Crippen molar-refractivity contribution in [3.8, 4) is 5.75 Å². The van der Waals surface area contributed by atoms with Gasteiger partial charge in [-0.15, -0.1) is 0 Å². The molecule has 2 aromatic rings. The number of benzene rings is 1. The Hall–Kier alpha value is -1.87. The number of nitrogens with one attached hydrogen (secondary N) is 1. The lowest BCUT2D eigenvalue weighted by Gasteiger charge is -2.16. The van der Waals surface area contributed by atoms with Crippen LogP contribution in [0.5, 0.6) is 5.75 Å². The highest BCUT2D eigenvalue weighted by Gasteiger charge is 2.23. The molecule has 1 aliphatic heterocycles. The minimum atomic E-state index is 0.307. The fourth-order valence-electron chi connectivity index (χ4n) is 2.47. The van der Waals surface area contributed by atoms with Crippen LogP contribution in [0.15, 0.2) is 48.8 Å². The maximum atomic E-state index is 5.70. The summed E-state index contributed by atoms with van der Waals surface area (Å²) in [4.78, 5) is 4.16. The quantitative estimate of drug-likeness (QED) is 0.911. The Kier molecular flexibility index (Phi) is 3.47. The molecule has 0 bridgehead atoms. The summed E-state index contributed by atoms with van der Waals surface area (Å²) in [5, 5.41) is 3.56. The standard InChI is InChI=1S/C16H18N2O/c1-12(13-5-4-8-17-9-13)18-10-14-11-19-16-7-3-2-6-15(14)16/h2-9,12,14,18H,10-11H2,1H3. The Bertz CT molecular complexity index is 541. The van der Waals surface area contributed by atoms with Gasteiger partial charge in [0.2, 0.25) is 0 Å². The molecule has 3 rings (SSSR count). The highest BCUT2D eigenvalue weighted by molar-refractivity contribution is 5.39. The van der Waals surface area contributed by atoms with Crippen molar-refractivity contribution < 1.29 is 4.74 Å². The number of hydrogen-bond acceptors (Lipinski definition) is 3. The molecule has 0 saturated heterocycles. The van der Waals surface area contributed by atoms with Gasteiger partial charge in [-0.1, -0.05) is 24.3 Å². The van der Waals surface area contributed by atoms with E-state index in [0.717, 1.165) is 18.9 Å². The summed E-state index contributed by atoms with van der Waals surface area (Å²) >= 11 is 0. The van der Waals surface area contributed by atoms with Crippen LogP contribution in [0.3, 0.4) is 0 Å².